The molecule has 0 aliphatic heterocycles. The van der Waals surface area contributed by atoms with E-state index in [1.807, 2.05) is 27.7 Å². The van der Waals surface area contributed by atoms with Gasteiger partial charge in [-0.25, -0.2) is 8.78 Å². The number of hydrogen-bond donors (Lipinski definition) is 1. The predicted molar refractivity (Wildman–Crippen MR) is 73.1 cm³/mol. The molecule has 0 aliphatic carbocycles. The van der Waals surface area contributed by atoms with Gasteiger partial charge < -0.3 is 10.1 Å². The highest BCUT2D eigenvalue weighted by atomic mass is 19.1. The van der Waals surface area contributed by atoms with Crippen molar-refractivity contribution < 1.29 is 13.5 Å². The van der Waals surface area contributed by atoms with Crippen LogP contribution in [0.25, 0.3) is 0 Å². The van der Waals surface area contributed by atoms with Gasteiger partial charge in [0.05, 0.1) is 5.60 Å². The SMILES string of the molecule is COC(C)(C)CC(C)NC(C)c1cc(F)ccc1F. The van der Waals surface area contributed by atoms with Gasteiger partial charge in [-0.15, -0.1) is 0 Å². The maximum Gasteiger partial charge on any atom is 0.128 e. The summed E-state index contributed by atoms with van der Waals surface area (Å²) in [5.41, 5.74) is 0.106. The van der Waals surface area contributed by atoms with Crippen LogP contribution in [-0.4, -0.2) is 18.8 Å². The van der Waals surface area contributed by atoms with Crippen molar-refractivity contribution in [2.45, 2.75) is 51.8 Å². The van der Waals surface area contributed by atoms with Gasteiger partial charge in [-0.1, -0.05) is 0 Å². The van der Waals surface area contributed by atoms with E-state index in [0.29, 0.717) is 5.56 Å². The lowest BCUT2D eigenvalue weighted by atomic mass is 9.98. The second kappa shape index (κ2) is 6.44. The minimum atomic E-state index is -0.421. The Kier molecular flexibility index (Phi) is 5.44. The Balaban J connectivity index is 2.69. The maximum atomic E-state index is 13.6. The van der Waals surface area contributed by atoms with Gasteiger partial charge in [-0.2, -0.15) is 0 Å². The van der Waals surface area contributed by atoms with Crippen LogP contribution in [0.15, 0.2) is 18.2 Å². The second-order valence-electron chi connectivity index (χ2n) is 5.62. The van der Waals surface area contributed by atoms with E-state index in [1.165, 1.54) is 6.07 Å². The Bertz CT molecular complexity index is 421. The van der Waals surface area contributed by atoms with Crippen LogP contribution < -0.4 is 5.32 Å². The Hall–Kier alpha value is -1.00. The highest BCUT2D eigenvalue weighted by Gasteiger charge is 2.22. The predicted octanol–water partition coefficient (Wildman–Crippen LogP) is 3.82. The molecule has 2 unspecified atom stereocenters. The highest BCUT2D eigenvalue weighted by molar-refractivity contribution is 5.21. The van der Waals surface area contributed by atoms with Crippen molar-refractivity contribution >= 4 is 0 Å². The van der Waals surface area contributed by atoms with Crippen LogP contribution in [0.4, 0.5) is 8.78 Å². The third kappa shape index (κ3) is 4.88. The third-order valence-electron chi connectivity index (χ3n) is 3.31. The zero-order valence-electron chi connectivity index (χ0n) is 12.3. The van der Waals surface area contributed by atoms with Crippen LogP contribution in [0, 0.1) is 11.6 Å². The zero-order valence-corrected chi connectivity index (χ0v) is 12.3. The Morgan fingerprint density at radius 1 is 1.26 bits per heavy atom. The summed E-state index contributed by atoms with van der Waals surface area (Å²) in [6, 6.07) is 3.41. The minimum absolute atomic E-state index is 0.132. The molecule has 2 nitrogen and oxygen atoms in total. The van der Waals surface area contributed by atoms with Gasteiger partial charge in [0, 0.05) is 24.8 Å². The molecule has 0 saturated carbocycles. The van der Waals surface area contributed by atoms with Crippen molar-refractivity contribution in [1.29, 1.82) is 0 Å². The molecule has 108 valence electrons. The Labute approximate surface area is 114 Å². The lowest BCUT2D eigenvalue weighted by molar-refractivity contribution is 0.00779. The van der Waals surface area contributed by atoms with E-state index in [0.717, 1.165) is 18.6 Å². The van der Waals surface area contributed by atoms with Crippen molar-refractivity contribution in [3.63, 3.8) is 0 Å². The molecule has 19 heavy (non-hydrogen) atoms. The summed E-state index contributed by atoms with van der Waals surface area (Å²) < 4.78 is 32.2. The molecule has 1 aromatic rings. The number of nitrogens with one attached hydrogen (secondary N) is 1. The van der Waals surface area contributed by atoms with E-state index in [1.54, 1.807) is 7.11 Å². The summed E-state index contributed by atoms with van der Waals surface area (Å²) in [6.45, 7) is 7.83. The summed E-state index contributed by atoms with van der Waals surface area (Å²) in [6.07, 6.45) is 0.783. The van der Waals surface area contributed by atoms with Crippen molar-refractivity contribution in [3.05, 3.63) is 35.4 Å². The summed E-state index contributed by atoms with van der Waals surface area (Å²) in [5.74, 6) is -0.811. The van der Waals surface area contributed by atoms with Gasteiger partial charge in [-0.05, 0) is 52.3 Å². The molecule has 0 saturated heterocycles. The molecule has 4 heteroatoms. The molecule has 1 N–H and O–H groups in total. The molecular weight excluding hydrogens is 248 g/mol. The largest absolute Gasteiger partial charge is 0.379 e. The lowest BCUT2D eigenvalue weighted by Gasteiger charge is -2.29. The third-order valence-corrected chi connectivity index (χ3v) is 3.31. The molecular formula is C15H23F2NO. The van der Waals surface area contributed by atoms with E-state index in [9.17, 15) is 8.78 Å². The number of methoxy groups -OCH3 is 1. The van der Waals surface area contributed by atoms with Crippen LogP contribution in [0.2, 0.25) is 0 Å². The summed E-state index contributed by atoms with van der Waals surface area (Å²) >= 11 is 0. The molecule has 1 aromatic carbocycles. The molecule has 0 fully saturated rings. The summed E-state index contributed by atoms with van der Waals surface area (Å²) in [5, 5.41) is 3.27. The summed E-state index contributed by atoms with van der Waals surface area (Å²) in [7, 11) is 1.67. The number of rotatable bonds is 6. The number of hydrogen-bond acceptors (Lipinski definition) is 2. The molecule has 1 rings (SSSR count). The maximum absolute atomic E-state index is 13.6. The van der Waals surface area contributed by atoms with Crippen LogP contribution in [0.5, 0.6) is 0 Å². The van der Waals surface area contributed by atoms with E-state index in [-0.39, 0.29) is 23.5 Å². The number of ether oxygens (including phenoxy) is 1. The van der Waals surface area contributed by atoms with Crippen molar-refractivity contribution in [3.8, 4) is 0 Å². The molecule has 0 aromatic heterocycles. The van der Waals surface area contributed by atoms with Gasteiger partial charge in [0.25, 0.3) is 0 Å². The van der Waals surface area contributed by atoms with E-state index in [2.05, 4.69) is 5.32 Å². The molecule has 0 radical (unpaired) electrons. The average molecular weight is 271 g/mol. The quantitative estimate of drug-likeness (QED) is 0.849. The molecule has 0 heterocycles. The number of halogens is 2. The van der Waals surface area contributed by atoms with Gasteiger partial charge in [0.2, 0.25) is 0 Å². The van der Waals surface area contributed by atoms with Crippen LogP contribution in [-0.2, 0) is 4.74 Å². The average Bonchev–Trinajstić information content (AvgIpc) is 2.31. The fourth-order valence-electron chi connectivity index (χ4n) is 2.24. The Morgan fingerprint density at radius 3 is 2.47 bits per heavy atom. The second-order valence-corrected chi connectivity index (χ2v) is 5.62. The summed E-state index contributed by atoms with van der Waals surface area (Å²) in [4.78, 5) is 0. The first-order chi connectivity index (χ1) is 8.75. The molecule has 0 spiro atoms. The molecule has 2 atom stereocenters. The fourth-order valence-corrected chi connectivity index (χ4v) is 2.24. The fraction of sp³-hybridized carbons (Fsp3) is 0.600. The normalized spacial score (nSPS) is 15.3. The zero-order chi connectivity index (χ0) is 14.6. The van der Waals surface area contributed by atoms with Gasteiger partial charge in [0.1, 0.15) is 11.6 Å². The van der Waals surface area contributed by atoms with E-state index >= 15 is 0 Å². The van der Waals surface area contributed by atoms with Gasteiger partial charge in [-0.3, -0.25) is 0 Å². The first kappa shape index (κ1) is 16.1. The Morgan fingerprint density at radius 2 is 1.89 bits per heavy atom. The smallest absolute Gasteiger partial charge is 0.128 e. The van der Waals surface area contributed by atoms with E-state index in [4.69, 9.17) is 4.74 Å². The van der Waals surface area contributed by atoms with Crippen LogP contribution in [0.1, 0.15) is 45.7 Å². The van der Waals surface area contributed by atoms with Gasteiger partial charge >= 0.3 is 0 Å². The van der Waals surface area contributed by atoms with Crippen molar-refractivity contribution in [1.82, 2.24) is 5.32 Å². The first-order valence-electron chi connectivity index (χ1n) is 6.51. The standard InChI is InChI=1S/C15H23F2NO/c1-10(9-15(3,4)19-5)18-11(2)13-8-12(16)6-7-14(13)17/h6-8,10-11,18H,9H2,1-5H3. The van der Waals surface area contributed by atoms with Crippen LogP contribution >= 0.6 is 0 Å². The minimum Gasteiger partial charge on any atom is -0.379 e. The van der Waals surface area contributed by atoms with Gasteiger partial charge in [0.15, 0.2) is 0 Å². The number of benzene rings is 1. The van der Waals surface area contributed by atoms with Crippen molar-refractivity contribution in [2.75, 3.05) is 7.11 Å². The lowest BCUT2D eigenvalue weighted by Crippen LogP contribution is -2.37. The molecule has 0 bridgehead atoms. The highest BCUT2D eigenvalue weighted by Crippen LogP contribution is 2.21. The van der Waals surface area contributed by atoms with E-state index < -0.39 is 5.82 Å². The molecule has 0 aliphatic rings. The molecule has 0 amide bonds. The monoisotopic (exact) mass is 271 g/mol. The van der Waals surface area contributed by atoms with Crippen LogP contribution in [0.3, 0.4) is 0 Å². The first-order valence-corrected chi connectivity index (χ1v) is 6.51. The topological polar surface area (TPSA) is 21.3 Å². The van der Waals surface area contributed by atoms with Crippen molar-refractivity contribution in [2.24, 2.45) is 0 Å².